The van der Waals surface area contributed by atoms with Gasteiger partial charge in [-0.25, -0.2) is 14.6 Å². The number of anilines is 1. The number of nitrogens with zero attached hydrogens (tertiary/aromatic N) is 5. The van der Waals surface area contributed by atoms with Crippen molar-refractivity contribution in [2.24, 2.45) is 0 Å². The maximum Gasteiger partial charge on any atom is 0.164 e. The van der Waals surface area contributed by atoms with Crippen LogP contribution in [-0.2, 0) is 0 Å². The Balaban J connectivity index is 2.09. The summed E-state index contributed by atoms with van der Waals surface area (Å²) in [6.45, 7) is 2.17. The molecule has 0 aromatic carbocycles. The van der Waals surface area contributed by atoms with Gasteiger partial charge in [-0.05, 0) is 49.0 Å². The second kappa shape index (κ2) is 4.61. The number of piperidine rings is 1. The maximum atomic E-state index is 5.91. The molecule has 0 aliphatic carbocycles. The first-order chi connectivity index (χ1) is 8.66. The molecule has 0 amide bonds. The molecule has 1 aliphatic rings. The SMILES string of the molecule is CN1CCC[C@@H](n2nc(I)c3c(N)ncnc32)C1. The Morgan fingerprint density at radius 2 is 2.28 bits per heavy atom. The summed E-state index contributed by atoms with van der Waals surface area (Å²) in [6, 6.07) is 0.379. The van der Waals surface area contributed by atoms with Crippen LogP contribution in [0.15, 0.2) is 6.33 Å². The van der Waals surface area contributed by atoms with Gasteiger partial charge in [0.15, 0.2) is 5.65 Å². The van der Waals surface area contributed by atoms with Crippen molar-refractivity contribution in [3.8, 4) is 0 Å². The molecule has 1 atom stereocenters. The fraction of sp³-hybridized carbons (Fsp3) is 0.545. The van der Waals surface area contributed by atoms with E-state index in [9.17, 15) is 0 Å². The quantitative estimate of drug-likeness (QED) is 0.778. The van der Waals surface area contributed by atoms with Crippen molar-refractivity contribution < 1.29 is 0 Å². The first kappa shape index (κ1) is 12.1. The highest BCUT2D eigenvalue weighted by molar-refractivity contribution is 14.1. The number of likely N-dealkylation sites (N-methyl/N-ethyl adjacent to an activating group) is 1. The first-order valence-corrected chi connectivity index (χ1v) is 7.07. The van der Waals surface area contributed by atoms with Crippen LogP contribution >= 0.6 is 22.6 Å². The van der Waals surface area contributed by atoms with Crippen molar-refractivity contribution in [2.75, 3.05) is 25.9 Å². The van der Waals surface area contributed by atoms with Crippen molar-refractivity contribution in [2.45, 2.75) is 18.9 Å². The third kappa shape index (κ3) is 1.95. The summed E-state index contributed by atoms with van der Waals surface area (Å²) in [4.78, 5) is 10.7. The van der Waals surface area contributed by atoms with Gasteiger partial charge in [-0.2, -0.15) is 5.10 Å². The van der Waals surface area contributed by atoms with E-state index in [0.29, 0.717) is 11.9 Å². The number of hydrogen-bond acceptors (Lipinski definition) is 5. The third-order valence-corrected chi connectivity index (χ3v) is 4.18. The van der Waals surface area contributed by atoms with E-state index < -0.39 is 0 Å². The van der Waals surface area contributed by atoms with Crippen LogP contribution in [0.25, 0.3) is 11.0 Å². The number of rotatable bonds is 1. The van der Waals surface area contributed by atoms with E-state index in [2.05, 4.69) is 49.6 Å². The Hall–Kier alpha value is -0.960. The Kier molecular flexibility index (Phi) is 3.10. The van der Waals surface area contributed by atoms with Gasteiger partial charge in [0.05, 0.1) is 11.4 Å². The third-order valence-electron chi connectivity index (χ3n) is 3.42. The van der Waals surface area contributed by atoms with Gasteiger partial charge in [0, 0.05) is 6.54 Å². The standard InChI is InChI=1S/C11H15IN6/c1-17-4-2-3-7(5-17)18-11-8(9(12)16-18)10(13)14-6-15-11/h6-7H,2-5H2,1H3,(H2,13,14,15)/t7-/m1/s1. The van der Waals surface area contributed by atoms with E-state index in [0.717, 1.165) is 34.2 Å². The molecule has 1 fully saturated rings. The zero-order valence-corrected chi connectivity index (χ0v) is 12.3. The van der Waals surface area contributed by atoms with Gasteiger partial charge in [-0.1, -0.05) is 0 Å². The highest BCUT2D eigenvalue weighted by Crippen LogP contribution is 2.28. The molecule has 2 aromatic rings. The van der Waals surface area contributed by atoms with Gasteiger partial charge in [0.2, 0.25) is 0 Å². The average molecular weight is 358 g/mol. The summed E-state index contributed by atoms with van der Waals surface area (Å²) >= 11 is 2.20. The molecule has 0 spiro atoms. The van der Waals surface area contributed by atoms with Crippen molar-refractivity contribution in [3.05, 3.63) is 10.0 Å². The number of likely N-dealkylation sites (tertiary alicyclic amines) is 1. The van der Waals surface area contributed by atoms with E-state index in [1.807, 2.05) is 4.68 Å². The predicted octanol–water partition coefficient (Wildman–Crippen LogP) is 1.28. The van der Waals surface area contributed by atoms with Crippen molar-refractivity contribution in [1.82, 2.24) is 24.6 Å². The summed E-state index contributed by atoms with van der Waals surface area (Å²) in [6.07, 6.45) is 3.85. The zero-order valence-electron chi connectivity index (χ0n) is 10.2. The first-order valence-electron chi connectivity index (χ1n) is 5.99. The van der Waals surface area contributed by atoms with Crippen LogP contribution in [0.1, 0.15) is 18.9 Å². The van der Waals surface area contributed by atoms with Crippen LogP contribution in [-0.4, -0.2) is 44.8 Å². The molecule has 0 unspecified atom stereocenters. The van der Waals surface area contributed by atoms with Gasteiger partial charge >= 0.3 is 0 Å². The monoisotopic (exact) mass is 358 g/mol. The van der Waals surface area contributed by atoms with Gasteiger partial charge in [-0.15, -0.1) is 0 Å². The largest absolute Gasteiger partial charge is 0.383 e. The number of halogens is 1. The van der Waals surface area contributed by atoms with Crippen LogP contribution in [0.4, 0.5) is 5.82 Å². The molecular weight excluding hydrogens is 343 g/mol. The molecule has 0 saturated carbocycles. The molecule has 7 heteroatoms. The fourth-order valence-electron chi connectivity index (χ4n) is 2.55. The van der Waals surface area contributed by atoms with E-state index in [4.69, 9.17) is 5.73 Å². The minimum absolute atomic E-state index is 0.379. The lowest BCUT2D eigenvalue weighted by molar-refractivity contribution is 0.205. The molecule has 0 radical (unpaired) electrons. The maximum absolute atomic E-state index is 5.91. The lowest BCUT2D eigenvalue weighted by Gasteiger charge is -2.29. The van der Waals surface area contributed by atoms with Crippen molar-refractivity contribution >= 4 is 39.4 Å². The summed E-state index contributed by atoms with van der Waals surface area (Å²) < 4.78 is 2.90. The predicted molar refractivity (Wildman–Crippen MR) is 78.2 cm³/mol. The van der Waals surface area contributed by atoms with Crippen LogP contribution < -0.4 is 5.73 Å². The normalized spacial score (nSPS) is 21.6. The molecule has 6 nitrogen and oxygen atoms in total. The van der Waals surface area contributed by atoms with Gasteiger partial charge < -0.3 is 10.6 Å². The molecule has 1 saturated heterocycles. The Bertz CT molecular complexity index is 580. The number of fused-ring (bicyclic) bond motifs is 1. The minimum Gasteiger partial charge on any atom is -0.383 e. The molecule has 3 heterocycles. The summed E-state index contributed by atoms with van der Waals surface area (Å²) in [5, 5.41) is 5.48. The summed E-state index contributed by atoms with van der Waals surface area (Å²) in [5.41, 5.74) is 6.76. The van der Waals surface area contributed by atoms with Crippen molar-refractivity contribution in [1.29, 1.82) is 0 Å². The van der Waals surface area contributed by atoms with Gasteiger partial charge in [-0.3, -0.25) is 0 Å². The second-order valence-electron chi connectivity index (χ2n) is 4.75. The summed E-state index contributed by atoms with van der Waals surface area (Å²) in [5.74, 6) is 0.514. The molecule has 0 bridgehead atoms. The Morgan fingerprint density at radius 3 is 3.06 bits per heavy atom. The lowest BCUT2D eigenvalue weighted by atomic mass is 10.1. The molecule has 96 valence electrons. The highest BCUT2D eigenvalue weighted by atomic mass is 127. The van der Waals surface area contributed by atoms with E-state index in [1.54, 1.807) is 0 Å². The van der Waals surface area contributed by atoms with Crippen LogP contribution in [0.5, 0.6) is 0 Å². The smallest absolute Gasteiger partial charge is 0.164 e. The Morgan fingerprint density at radius 1 is 1.44 bits per heavy atom. The lowest BCUT2D eigenvalue weighted by Crippen LogP contribution is -2.34. The highest BCUT2D eigenvalue weighted by Gasteiger charge is 2.23. The molecule has 2 N–H and O–H groups in total. The average Bonchev–Trinajstić information content (AvgIpc) is 2.68. The van der Waals surface area contributed by atoms with E-state index in [-0.39, 0.29) is 0 Å². The molecular formula is C11H15IN6. The summed E-state index contributed by atoms with van der Waals surface area (Å²) in [7, 11) is 2.15. The molecule has 2 aromatic heterocycles. The van der Waals surface area contributed by atoms with E-state index in [1.165, 1.54) is 12.7 Å². The number of hydrogen-bond donors (Lipinski definition) is 1. The second-order valence-corrected chi connectivity index (χ2v) is 5.77. The molecule has 18 heavy (non-hydrogen) atoms. The van der Waals surface area contributed by atoms with Crippen LogP contribution in [0.3, 0.4) is 0 Å². The minimum atomic E-state index is 0.379. The molecule has 1 aliphatic heterocycles. The number of nitrogen functional groups attached to an aromatic ring is 1. The van der Waals surface area contributed by atoms with Crippen LogP contribution in [0, 0.1) is 3.70 Å². The topological polar surface area (TPSA) is 72.9 Å². The molecule has 3 rings (SSSR count). The van der Waals surface area contributed by atoms with Crippen molar-refractivity contribution in [3.63, 3.8) is 0 Å². The van der Waals surface area contributed by atoms with Crippen LogP contribution in [0.2, 0.25) is 0 Å². The number of nitrogens with two attached hydrogens (primary N) is 1. The van der Waals surface area contributed by atoms with Gasteiger partial charge in [0.1, 0.15) is 15.8 Å². The Labute approximate surface area is 119 Å². The fourth-order valence-corrected chi connectivity index (χ4v) is 3.30. The zero-order chi connectivity index (χ0) is 12.7. The van der Waals surface area contributed by atoms with Gasteiger partial charge in [0.25, 0.3) is 0 Å². The number of aromatic nitrogens is 4. The van der Waals surface area contributed by atoms with E-state index >= 15 is 0 Å².